The minimum atomic E-state index is 0.745. The van der Waals surface area contributed by atoms with Crippen molar-refractivity contribution in [1.82, 2.24) is 20.0 Å². The van der Waals surface area contributed by atoms with E-state index in [1.165, 1.54) is 16.3 Å². The normalized spacial score (nSPS) is 11.7. The van der Waals surface area contributed by atoms with E-state index < -0.39 is 0 Å². The van der Waals surface area contributed by atoms with Crippen LogP contribution < -0.4 is 5.32 Å². The van der Waals surface area contributed by atoms with Crippen LogP contribution in [0.15, 0.2) is 59.9 Å². The summed E-state index contributed by atoms with van der Waals surface area (Å²) in [5, 5.41) is 10.2. The van der Waals surface area contributed by atoms with Crippen LogP contribution in [0.5, 0.6) is 0 Å². The molecule has 0 aliphatic rings. The standard InChI is InChI=1S/C19H23N5/c1-20-19(23(2)13-16-12-22-24(3)14-16)21-11-15-8-9-17-6-4-5-7-18(17)10-15/h4-10,12,14H,11,13H2,1-3H3,(H,20,21). The number of hydrogen-bond acceptors (Lipinski definition) is 2. The molecule has 0 saturated heterocycles. The third kappa shape index (κ3) is 3.74. The van der Waals surface area contributed by atoms with Crippen LogP contribution in [-0.4, -0.2) is 34.7 Å². The van der Waals surface area contributed by atoms with E-state index in [0.29, 0.717) is 0 Å². The lowest BCUT2D eigenvalue weighted by atomic mass is 10.1. The number of hydrogen-bond donors (Lipinski definition) is 1. The van der Waals surface area contributed by atoms with Crippen molar-refractivity contribution >= 4 is 16.7 Å². The summed E-state index contributed by atoms with van der Waals surface area (Å²) < 4.78 is 1.81. The van der Waals surface area contributed by atoms with E-state index in [4.69, 9.17) is 0 Å². The smallest absolute Gasteiger partial charge is 0.193 e. The summed E-state index contributed by atoms with van der Waals surface area (Å²) >= 11 is 0. The topological polar surface area (TPSA) is 45.5 Å². The highest BCUT2D eigenvalue weighted by Crippen LogP contribution is 2.15. The van der Waals surface area contributed by atoms with Gasteiger partial charge in [0.1, 0.15) is 0 Å². The van der Waals surface area contributed by atoms with Crippen molar-refractivity contribution in [3.63, 3.8) is 0 Å². The Kier molecular flexibility index (Phi) is 4.79. The average molecular weight is 321 g/mol. The highest BCUT2D eigenvalue weighted by Gasteiger charge is 2.08. The van der Waals surface area contributed by atoms with Crippen LogP contribution in [0.1, 0.15) is 11.1 Å². The lowest BCUT2D eigenvalue weighted by Crippen LogP contribution is -2.37. The molecule has 124 valence electrons. The van der Waals surface area contributed by atoms with Crippen LogP contribution in [0, 0.1) is 0 Å². The van der Waals surface area contributed by atoms with Gasteiger partial charge < -0.3 is 10.2 Å². The van der Waals surface area contributed by atoms with E-state index in [9.17, 15) is 0 Å². The maximum Gasteiger partial charge on any atom is 0.193 e. The molecule has 0 radical (unpaired) electrons. The Hall–Kier alpha value is -2.82. The molecule has 0 bridgehead atoms. The summed E-state index contributed by atoms with van der Waals surface area (Å²) in [6, 6.07) is 14.9. The Labute approximate surface area is 142 Å². The molecule has 1 N–H and O–H groups in total. The maximum absolute atomic E-state index is 4.37. The predicted molar refractivity (Wildman–Crippen MR) is 98.8 cm³/mol. The van der Waals surface area contributed by atoms with Crippen molar-refractivity contribution in [1.29, 1.82) is 0 Å². The third-order valence-electron chi connectivity index (χ3n) is 4.02. The average Bonchev–Trinajstić information content (AvgIpc) is 3.00. The van der Waals surface area contributed by atoms with Crippen molar-refractivity contribution < 1.29 is 0 Å². The lowest BCUT2D eigenvalue weighted by Gasteiger charge is -2.21. The Balaban J connectivity index is 1.64. The molecule has 3 rings (SSSR count). The first kappa shape index (κ1) is 16.1. The van der Waals surface area contributed by atoms with Crippen LogP contribution >= 0.6 is 0 Å². The van der Waals surface area contributed by atoms with Crippen molar-refractivity contribution in [2.75, 3.05) is 14.1 Å². The van der Waals surface area contributed by atoms with E-state index in [-0.39, 0.29) is 0 Å². The zero-order valence-corrected chi connectivity index (χ0v) is 14.4. The van der Waals surface area contributed by atoms with Crippen LogP contribution in [0.4, 0.5) is 0 Å². The number of fused-ring (bicyclic) bond motifs is 1. The summed E-state index contributed by atoms with van der Waals surface area (Å²) in [5.41, 5.74) is 2.40. The molecule has 24 heavy (non-hydrogen) atoms. The number of nitrogens with zero attached hydrogens (tertiary/aromatic N) is 4. The quantitative estimate of drug-likeness (QED) is 0.594. The number of guanidine groups is 1. The molecule has 1 aromatic heterocycles. The molecule has 0 amide bonds. The van der Waals surface area contributed by atoms with E-state index in [1.807, 2.05) is 38.2 Å². The molecule has 2 aromatic carbocycles. The fourth-order valence-electron chi connectivity index (χ4n) is 2.82. The van der Waals surface area contributed by atoms with Gasteiger partial charge in [-0.1, -0.05) is 36.4 Å². The van der Waals surface area contributed by atoms with Crippen LogP contribution in [0.25, 0.3) is 10.8 Å². The highest BCUT2D eigenvalue weighted by molar-refractivity contribution is 5.83. The second-order valence-corrected chi connectivity index (χ2v) is 5.96. The minimum Gasteiger partial charge on any atom is -0.352 e. The molecule has 0 aliphatic heterocycles. The third-order valence-corrected chi connectivity index (χ3v) is 4.02. The van der Waals surface area contributed by atoms with Gasteiger partial charge in [-0.15, -0.1) is 0 Å². The first-order valence-corrected chi connectivity index (χ1v) is 8.02. The van der Waals surface area contributed by atoms with Gasteiger partial charge >= 0.3 is 0 Å². The van der Waals surface area contributed by atoms with Gasteiger partial charge in [0.15, 0.2) is 5.96 Å². The number of aryl methyl sites for hydroxylation is 1. The largest absolute Gasteiger partial charge is 0.352 e. The fraction of sp³-hybridized carbons (Fsp3) is 0.263. The zero-order chi connectivity index (χ0) is 16.9. The van der Waals surface area contributed by atoms with Crippen molar-refractivity contribution in [3.8, 4) is 0 Å². The minimum absolute atomic E-state index is 0.745. The number of nitrogens with one attached hydrogen (secondary N) is 1. The Morgan fingerprint density at radius 3 is 2.67 bits per heavy atom. The van der Waals surface area contributed by atoms with Gasteiger partial charge in [-0.25, -0.2) is 0 Å². The zero-order valence-electron chi connectivity index (χ0n) is 14.4. The van der Waals surface area contributed by atoms with Gasteiger partial charge in [0.05, 0.1) is 6.20 Å². The monoisotopic (exact) mass is 321 g/mol. The Morgan fingerprint density at radius 2 is 1.96 bits per heavy atom. The van der Waals surface area contributed by atoms with Gasteiger partial charge in [-0.2, -0.15) is 5.10 Å². The molecule has 0 saturated carbocycles. The van der Waals surface area contributed by atoms with E-state index in [0.717, 1.165) is 24.6 Å². The highest BCUT2D eigenvalue weighted by atomic mass is 15.3. The Bertz CT molecular complexity index is 850. The van der Waals surface area contributed by atoms with Crippen LogP contribution in [-0.2, 0) is 20.1 Å². The summed E-state index contributed by atoms with van der Waals surface area (Å²) in [5.74, 6) is 0.868. The molecule has 0 aliphatic carbocycles. The van der Waals surface area contributed by atoms with E-state index in [1.54, 1.807) is 0 Å². The van der Waals surface area contributed by atoms with Crippen LogP contribution in [0.3, 0.4) is 0 Å². The van der Waals surface area contributed by atoms with Crippen LogP contribution in [0.2, 0.25) is 0 Å². The van der Waals surface area contributed by atoms with Gasteiger partial charge in [-0.05, 0) is 22.4 Å². The molecular formula is C19H23N5. The summed E-state index contributed by atoms with van der Waals surface area (Å²) in [4.78, 5) is 6.47. The van der Waals surface area contributed by atoms with Gasteiger partial charge in [-0.3, -0.25) is 9.67 Å². The second-order valence-electron chi connectivity index (χ2n) is 5.96. The van der Waals surface area contributed by atoms with E-state index in [2.05, 4.69) is 62.8 Å². The first-order valence-electron chi connectivity index (χ1n) is 8.02. The van der Waals surface area contributed by atoms with Gasteiger partial charge in [0.25, 0.3) is 0 Å². The SMILES string of the molecule is CN=C(NCc1ccc2ccccc2c1)N(C)Cc1cnn(C)c1. The molecule has 0 fully saturated rings. The molecule has 5 nitrogen and oxygen atoms in total. The van der Waals surface area contributed by atoms with Gasteiger partial charge in [0, 0.05) is 46.0 Å². The van der Waals surface area contributed by atoms with Gasteiger partial charge in [0.2, 0.25) is 0 Å². The second kappa shape index (κ2) is 7.17. The first-order chi connectivity index (χ1) is 11.7. The number of aromatic nitrogens is 2. The molecule has 0 atom stereocenters. The number of benzene rings is 2. The summed E-state index contributed by atoms with van der Waals surface area (Å²) in [6.07, 6.45) is 3.90. The maximum atomic E-state index is 4.37. The predicted octanol–water partition coefficient (Wildman–Crippen LogP) is 2.78. The van der Waals surface area contributed by atoms with E-state index >= 15 is 0 Å². The van der Waals surface area contributed by atoms with Crippen molar-refractivity contribution in [3.05, 3.63) is 66.0 Å². The molecule has 0 unspecified atom stereocenters. The molecule has 0 spiro atoms. The summed E-state index contributed by atoms with van der Waals surface area (Å²) in [7, 11) is 5.77. The number of rotatable bonds is 4. The molecular weight excluding hydrogens is 298 g/mol. The lowest BCUT2D eigenvalue weighted by molar-refractivity contribution is 0.476. The number of aliphatic imine (C=N–C) groups is 1. The Morgan fingerprint density at radius 1 is 1.17 bits per heavy atom. The molecule has 5 heteroatoms. The van der Waals surface area contributed by atoms with Crippen molar-refractivity contribution in [2.45, 2.75) is 13.1 Å². The fourth-order valence-corrected chi connectivity index (χ4v) is 2.82. The van der Waals surface area contributed by atoms with Crippen molar-refractivity contribution in [2.24, 2.45) is 12.0 Å². The summed E-state index contributed by atoms with van der Waals surface area (Å²) in [6.45, 7) is 1.51. The molecule has 1 heterocycles. The molecule has 3 aromatic rings.